The van der Waals surface area contributed by atoms with Crippen LogP contribution in [0.4, 0.5) is 11.7 Å². The summed E-state index contributed by atoms with van der Waals surface area (Å²) in [5.74, 6) is 0.635. The van der Waals surface area contributed by atoms with Crippen molar-refractivity contribution in [1.29, 1.82) is 0 Å². The number of amidine groups is 1. The second kappa shape index (κ2) is 6.70. The van der Waals surface area contributed by atoms with Crippen LogP contribution < -0.4 is 4.90 Å². The quantitative estimate of drug-likeness (QED) is 0.692. The first kappa shape index (κ1) is 15.9. The Bertz CT molecular complexity index is 941. The van der Waals surface area contributed by atoms with E-state index in [1.807, 2.05) is 30.3 Å². The van der Waals surface area contributed by atoms with Crippen molar-refractivity contribution >= 4 is 46.1 Å². The molecular formula is C17H11ClN4O2S. The maximum atomic E-state index is 12.2. The molecule has 6 nitrogen and oxygen atoms in total. The lowest BCUT2D eigenvalue weighted by atomic mass is 10.2. The first-order valence-corrected chi connectivity index (χ1v) is 8.76. The molecule has 124 valence electrons. The molecule has 0 aliphatic carbocycles. The number of aliphatic imine (C=N–C) groups is 1. The number of para-hydroxylation sites is 1. The first-order valence-electron chi connectivity index (χ1n) is 7.40. The summed E-state index contributed by atoms with van der Waals surface area (Å²) in [6, 6.07) is 16.5. The third-order valence-corrected chi connectivity index (χ3v) is 4.65. The van der Waals surface area contributed by atoms with Gasteiger partial charge in [-0.3, -0.25) is 9.69 Å². The van der Waals surface area contributed by atoms with Crippen LogP contribution in [0.25, 0.3) is 11.5 Å². The molecule has 1 saturated heterocycles. The van der Waals surface area contributed by atoms with Crippen molar-refractivity contribution in [3.8, 4) is 11.5 Å². The van der Waals surface area contributed by atoms with E-state index in [-0.39, 0.29) is 11.9 Å². The third-order valence-electron chi connectivity index (χ3n) is 3.48. The Morgan fingerprint density at radius 1 is 1.08 bits per heavy atom. The molecule has 1 aliphatic rings. The van der Waals surface area contributed by atoms with Crippen molar-refractivity contribution in [2.45, 2.75) is 0 Å². The van der Waals surface area contributed by atoms with Crippen LogP contribution in [0.1, 0.15) is 0 Å². The number of carbonyl (C=O) groups excluding carboxylic acids is 1. The largest absolute Gasteiger partial charge is 0.402 e. The van der Waals surface area contributed by atoms with E-state index in [0.717, 1.165) is 11.3 Å². The lowest BCUT2D eigenvalue weighted by Gasteiger charge is -2.14. The number of aromatic nitrogens is 2. The number of halogens is 1. The molecule has 8 heteroatoms. The molecule has 25 heavy (non-hydrogen) atoms. The van der Waals surface area contributed by atoms with Gasteiger partial charge in [0.05, 0.1) is 11.4 Å². The maximum Gasteiger partial charge on any atom is 0.345 e. The maximum absolute atomic E-state index is 12.2. The summed E-state index contributed by atoms with van der Waals surface area (Å²) in [6.45, 7) is 0. The van der Waals surface area contributed by atoms with E-state index in [2.05, 4.69) is 15.2 Å². The van der Waals surface area contributed by atoms with Gasteiger partial charge in [-0.25, -0.2) is 0 Å². The number of amides is 1. The van der Waals surface area contributed by atoms with E-state index >= 15 is 0 Å². The van der Waals surface area contributed by atoms with Gasteiger partial charge in [-0.2, -0.15) is 4.99 Å². The van der Waals surface area contributed by atoms with Crippen LogP contribution in [0, 0.1) is 0 Å². The molecule has 0 N–H and O–H groups in total. The zero-order valence-electron chi connectivity index (χ0n) is 12.8. The highest BCUT2D eigenvalue weighted by Gasteiger charge is 2.30. The molecule has 1 aromatic heterocycles. The number of rotatable bonds is 3. The van der Waals surface area contributed by atoms with Crippen molar-refractivity contribution in [2.24, 2.45) is 4.99 Å². The Labute approximate surface area is 152 Å². The Kier molecular flexibility index (Phi) is 4.25. The minimum absolute atomic E-state index is 0.0348. The number of thioether (sulfide) groups is 1. The van der Waals surface area contributed by atoms with Gasteiger partial charge in [-0.05, 0) is 36.4 Å². The molecular weight excluding hydrogens is 360 g/mol. The van der Waals surface area contributed by atoms with Crippen LogP contribution in [0.2, 0.25) is 5.02 Å². The monoisotopic (exact) mass is 370 g/mol. The van der Waals surface area contributed by atoms with Gasteiger partial charge >= 0.3 is 6.01 Å². The zero-order chi connectivity index (χ0) is 17.2. The lowest BCUT2D eigenvalue weighted by Crippen LogP contribution is -2.28. The summed E-state index contributed by atoms with van der Waals surface area (Å²) in [7, 11) is 0. The van der Waals surface area contributed by atoms with Crippen LogP contribution in [-0.4, -0.2) is 27.0 Å². The van der Waals surface area contributed by atoms with Crippen LogP contribution in [0.3, 0.4) is 0 Å². The van der Waals surface area contributed by atoms with Gasteiger partial charge in [-0.15, -0.1) is 5.10 Å². The van der Waals surface area contributed by atoms with E-state index < -0.39 is 0 Å². The van der Waals surface area contributed by atoms with Gasteiger partial charge in [0.25, 0.3) is 0 Å². The van der Waals surface area contributed by atoms with E-state index in [9.17, 15) is 4.79 Å². The van der Waals surface area contributed by atoms with Gasteiger partial charge < -0.3 is 4.42 Å². The van der Waals surface area contributed by atoms with E-state index in [1.54, 1.807) is 29.2 Å². The predicted molar refractivity (Wildman–Crippen MR) is 98.2 cm³/mol. The molecule has 0 bridgehead atoms. The molecule has 0 atom stereocenters. The normalized spacial score (nSPS) is 16.0. The summed E-state index contributed by atoms with van der Waals surface area (Å²) in [4.78, 5) is 18.1. The Balaban J connectivity index is 1.64. The number of anilines is 1. The van der Waals surface area contributed by atoms with Crippen molar-refractivity contribution in [1.82, 2.24) is 10.2 Å². The van der Waals surface area contributed by atoms with E-state index in [4.69, 9.17) is 16.0 Å². The van der Waals surface area contributed by atoms with Crippen LogP contribution in [0.5, 0.6) is 0 Å². The fourth-order valence-corrected chi connectivity index (χ4v) is 3.31. The fourth-order valence-electron chi connectivity index (χ4n) is 2.33. The summed E-state index contributed by atoms with van der Waals surface area (Å²) in [5.41, 5.74) is 1.51. The summed E-state index contributed by atoms with van der Waals surface area (Å²) in [5, 5.41) is 9.08. The van der Waals surface area contributed by atoms with Crippen LogP contribution >= 0.6 is 23.4 Å². The van der Waals surface area contributed by atoms with E-state index in [0.29, 0.717) is 21.8 Å². The topological polar surface area (TPSA) is 71.6 Å². The molecule has 1 aliphatic heterocycles. The molecule has 0 radical (unpaired) electrons. The van der Waals surface area contributed by atoms with Gasteiger partial charge in [0.2, 0.25) is 11.8 Å². The Morgan fingerprint density at radius 2 is 1.84 bits per heavy atom. The number of hydrogen-bond acceptors (Lipinski definition) is 6. The molecule has 3 aromatic rings. The van der Waals surface area contributed by atoms with Crippen molar-refractivity contribution in [2.75, 3.05) is 10.7 Å². The van der Waals surface area contributed by atoms with Crippen molar-refractivity contribution in [3.63, 3.8) is 0 Å². The minimum atomic E-state index is -0.0348. The van der Waals surface area contributed by atoms with Gasteiger partial charge in [-0.1, -0.05) is 46.7 Å². The summed E-state index contributed by atoms with van der Waals surface area (Å²) in [6.07, 6.45) is 0. The van der Waals surface area contributed by atoms with Gasteiger partial charge in [0, 0.05) is 10.6 Å². The average Bonchev–Trinajstić information content (AvgIpc) is 3.24. The van der Waals surface area contributed by atoms with E-state index in [1.165, 1.54) is 11.8 Å². The Morgan fingerprint density at radius 3 is 2.60 bits per heavy atom. The van der Waals surface area contributed by atoms with Gasteiger partial charge in [0.15, 0.2) is 5.17 Å². The second-order valence-electron chi connectivity index (χ2n) is 5.14. The minimum Gasteiger partial charge on any atom is -0.402 e. The smallest absolute Gasteiger partial charge is 0.345 e. The molecule has 0 unspecified atom stereocenters. The molecule has 2 heterocycles. The highest BCUT2D eigenvalue weighted by atomic mass is 35.5. The zero-order valence-corrected chi connectivity index (χ0v) is 14.4. The molecule has 4 rings (SSSR count). The Hall–Kier alpha value is -2.64. The SMILES string of the molecule is O=C1CSC(=Nc2nnc(-c3ccc(Cl)cc3)o2)N1c1ccccc1. The predicted octanol–water partition coefficient (Wildman–Crippen LogP) is 4.16. The van der Waals surface area contributed by atoms with Crippen molar-refractivity contribution in [3.05, 3.63) is 59.6 Å². The summed E-state index contributed by atoms with van der Waals surface area (Å²) < 4.78 is 5.59. The average molecular weight is 371 g/mol. The molecule has 1 fully saturated rings. The first-order chi connectivity index (χ1) is 12.2. The summed E-state index contributed by atoms with van der Waals surface area (Å²) >= 11 is 7.21. The molecule has 0 saturated carbocycles. The van der Waals surface area contributed by atoms with Crippen LogP contribution in [-0.2, 0) is 4.79 Å². The third kappa shape index (κ3) is 3.29. The fraction of sp³-hybridized carbons (Fsp3) is 0.0588. The van der Waals surface area contributed by atoms with Crippen molar-refractivity contribution < 1.29 is 9.21 Å². The number of carbonyl (C=O) groups is 1. The second-order valence-corrected chi connectivity index (χ2v) is 6.52. The molecule has 2 aromatic carbocycles. The van der Waals surface area contributed by atoms with Gasteiger partial charge in [0.1, 0.15) is 0 Å². The van der Waals surface area contributed by atoms with Crippen LogP contribution in [0.15, 0.2) is 64.0 Å². The highest BCUT2D eigenvalue weighted by Crippen LogP contribution is 2.29. The number of benzene rings is 2. The highest BCUT2D eigenvalue weighted by molar-refractivity contribution is 8.15. The molecule has 0 spiro atoms. The number of nitrogens with zero attached hydrogens (tertiary/aromatic N) is 4. The number of hydrogen-bond donors (Lipinski definition) is 0. The lowest BCUT2D eigenvalue weighted by molar-refractivity contribution is -0.115. The molecule has 1 amide bonds. The standard InChI is InChI=1S/C17H11ClN4O2S/c18-12-8-6-11(7-9-12)15-20-21-16(24-15)19-17-22(14(23)10-25-17)13-4-2-1-3-5-13/h1-9H,10H2.